The summed E-state index contributed by atoms with van der Waals surface area (Å²) >= 11 is 0. The van der Waals surface area contributed by atoms with Gasteiger partial charge in [-0.2, -0.15) is 0 Å². The smallest absolute Gasteiger partial charge is 0.160 e. The lowest BCUT2D eigenvalue weighted by Gasteiger charge is -2.01. The van der Waals surface area contributed by atoms with Crippen LogP contribution in [-0.4, -0.2) is 5.78 Å². The first-order valence-electron chi connectivity index (χ1n) is 6.10. The highest BCUT2D eigenvalue weighted by molar-refractivity contribution is 5.94. The number of benzene rings is 1. The highest BCUT2D eigenvalue weighted by Gasteiger charge is 2.01. The van der Waals surface area contributed by atoms with Gasteiger partial charge in [0.2, 0.25) is 0 Å². The Bertz CT molecular complexity index is 536. The zero-order valence-electron chi connectivity index (χ0n) is 10.4. The summed E-state index contributed by atoms with van der Waals surface area (Å²) in [5.41, 5.74) is 2.32. The lowest BCUT2D eigenvalue weighted by atomic mass is 10.0. The van der Waals surface area contributed by atoms with Crippen LogP contribution < -0.4 is 0 Å². The molecule has 0 N–H and O–H groups in total. The fraction of sp³-hybridized carbons (Fsp3) is 0.188. The average molecular weight is 240 g/mol. The number of carbonyl (C=O) groups excluding carboxylic acids is 1. The van der Waals surface area contributed by atoms with Crippen LogP contribution in [0.4, 0.5) is 0 Å². The normalized spacial score (nSPS) is 10.9. The van der Waals surface area contributed by atoms with Crippen molar-refractivity contribution < 1.29 is 9.21 Å². The van der Waals surface area contributed by atoms with Crippen molar-refractivity contribution in [3.05, 3.63) is 65.6 Å². The van der Waals surface area contributed by atoms with Crippen LogP contribution in [0.15, 0.2) is 53.2 Å². The number of ketones is 1. The first kappa shape index (κ1) is 12.4. The molecule has 0 unspecified atom stereocenters. The molecule has 0 bridgehead atoms. The molecule has 92 valence electrons. The largest absolute Gasteiger partial charge is 0.465 e. The lowest BCUT2D eigenvalue weighted by Crippen LogP contribution is -1.98. The Labute approximate surface area is 107 Å². The average Bonchev–Trinajstić information content (AvgIpc) is 2.90. The number of rotatable bonds is 5. The van der Waals surface area contributed by atoms with Gasteiger partial charge in [0.15, 0.2) is 5.78 Å². The van der Waals surface area contributed by atoms with Crippen molar-refractivity contribution in [2.75, 3.05) is 0 Å². The number of hydrogen-bond acceptors (Lipinski definition) is 2. The Hall–Kier alpha value is -2.09. The minimum Gasteiger partial charge on any atom is -0.465 e. The lowest BCUT2D eigenvalue weighted by molar-refractivity contribution is -0.113. The van der Waals surface area contributed by atoms with Crippen molar-refractivity contribution in [2.45, 2.75) is 19.8 Å². The molecule has 0 aliphatic heterocycles. The molecule has 0 spiro atoms. The molecular formula is C16H16O2. The highest BCUT2D eigenvalue weighted by Crippen LogP contribution is 2.08. The summed E-state index contributed by atoms with van der Waals surface area (Å²) in [5, 5.41) is 0. The summed E-state index contributed by atoms with van der Waals surface area (Å²) in [7, 11) is 0. The second-order valence-corrected chi connectivity index (χ2v) is 4.17. The number of allylic oxidation sites excluding steroid dienone is 1. The molecule has 0 saturated heterocycles. The molecule has 1 aromatic carbocycles. The van der Waals surface area contributed by atoms with Crippen molar-refractivity contribution >= 4 is 11.9 Å². The van der Waals surface area contributed by atoms with Gasteiger partial charge >= 0.3 is 0 Å². The van der Waals surface area contributed by atoms with Crippen LogP contribution in [0.25, 0.3) is 6.08 Å². The van der Waals surface area contributed by atoms with Crippen LogP contribution in [-0.2, 0) is 17.6 Å². The molecule has 2 aromatic rings. The van der Waals surface area contributed by atoms with E-state index in [1.54, 1.807) is 24.5 Å². The van der Waals surface area contributed by atoms with Crippen LogP contribution in [0.1, 0.15) is 23.8 Å². The molecule has 1 aromatic heterocycles. The van der Waals surface area contributed by atoms with Crippen molar-refractivity contribution in [3.8, 4) is 0 Å². The van der Waals surface area contributed by atoms with Gasteiger partial charge in [0.25, 0.3) is 0 Å². The van der Waals surface area contributed by atoms with Gasteiger partial charge in [0.1, 0.15) is 5.76 Å². The van der Waals surface area contributed by atoms with Crippen molar-refractivity contribution in [1.29, 1.82) is 0 Å². The minimum absolute atomic E-state index is 0.0830. The molecule has 0 fully saturated rings. The summed E-state index contributed by atoms with van der Waals surface area (Å²) in [5.74, 6) is 0.783. The third kappa shape index (κ3) is 3.45. The molecule has 0 saturated carbocycles. The van der Waals surface area contributed by atoms with Crippen molar-refractivity contribution in [2.24, 2.45) is 0 Å². The number of furan rings is 1. The Morgan fingerprint density at radius 2 is 2.06 bits per heavy atom. The SMILES string of the molecule is CCc1cccc(CC(=O)/C=C/c2ccco2)c1. The van der Waals surface area contributed by atoms with Gasteiger partial charge in [-0.05, 0) is 41.8 Å². The topological polar surface area (TPSA) is 30.2 Å². The molecule has 0 atom stereocenters. The van der Waals surface area contributed by atoms with Gasteiger partial charge in [-0.25, -0.2) is 0 Å². The maximum Gasteiger partial charge on any atom is 0.160 e. The van der Waals surface area contributed by atoms with Gasteiger partial charge in [-0.15, -0.1) is 0 Å². The third-order valence-corrected chi connectivity index (χ3v) is 2.75. The zero-order chi connectivity index (χ0) is 12.8. The second-order valence-electron chi connectivity index (χ2n) is 4.17. The number of aryl methyl sites for hydroxylation is 1. The van der Waals surface area contributed by atoms with Crippen LogP contribution >= 0.6 is 0 Å². The van der Waals surface area contributed by atoms with E-state index in [-0.39, 0.29) is 5.78 Å². The molecule has 2 nitrogen and oxygen atoms in total. The summed E-state index contributed by atoms with van der Waals surface area (Å²) < 4.78 is 5.13. The fourth-order valence-corrected chi connectivity index (χ4v) is 1.78. The van der Waals surface area contributed by atoms with Crippen LogP contribution in [0.2, 0.25) is 0 Å². The maximum absolute atomic E-state index is 11.8. The molecular weight excluding hydrogens is 224 g/mol. The fourth-order valence-electron chi connectivity index (χ4n) is 1.78. The van der Waals surface area contributed by atoms with Gasteiger partial charge in [0, 0.05) is 6.42 Å². The Morgan fingerprint density at radius 3 is 2.78 bits per heavy atom. The van der Waals surface area contributed by atoms with E-state index in [1.165, 1.54) is 5.56 Å². The van der Waals surface area contributed by atoms with Crippen molar-refractivity contribution in [3.63, 3.8) is 0 Å². The zero-order valence-corrected chi connectivity index (χ0v) is 10.4. The Balaban J connectivity index is 1.98. The molecule has 2 rings (SSSR count). The van der Waals surface area contributed by atoms with E-state index in [4.69, 9.17) is 4.42 Å². The monoisotopic (exact) mass is 240 g/mol. The van der Waals surface area contributed by atoms with Gasteiger partial charge in [0.05, 0.1) is 6.26 Å². The van der Waals surface area contributed by atoms with Crippen LogP contribution in [0, 0.1) is 0 Å². The summed E-state index contributed by atoms with van der Waals surface area (Å²) in [6.45, 7) is 2.11. The maximum atomic E-state index is 11.8. The molecule has 2 heteroatoms. The van der Waals surface area contributed by atoms with E-state index in [0.29, 0.717) is 12.2 Å². The minimum atomic E-state index is 0.0830. The molecule has 0 aliphatic carbocycles. The van der Waals surface area contributed by atoms with E-state index >= 15 is 0 Å². The van der Waals surface area contributed by atoms with E-state index in [9.17, 15) is 4.79 Å². The van der Waals surface area contributed by atoms with E-state index < -0.39 is 0 Å². The first-order chi connectivity index (χ1) is 8.78. The third-order valence-electron chi connectivity index (χ3n) is 2.75. The predicted octanol–water partition coefficient (Wildman–Crippen LogP) is 3.67. The van der Waals surface area contributed by atoms with E-state index in [1.807, 2.05) is 18.2 Å². The highest BCUT2D eigenvalue weighted by atomic mass is 16.3. The molecule has 0 radical (unpaired) electrons. The molecule has 1 heterocycles. The van der Waals surface area contributed by atoms with E-state index in [2.05, 4.69) is 19.1 Å². The van der Waals surface area contributed by atoms with Crippen LogP contribution in [0.3, 0.4) is 0 Å². The standard InChI is InChI=1S/C16H16O2/c1-2-13-5-3-6-14(11-13)12-15(17)8-9-16-7-4-10-18-16/h3-11H,2,12H2,1H3/b9-8+. The Morgan fingerprint density at radius 1 is 1.22 bits per heavy atom. The van der Waals surface area contributed by atoms with Gasteiger partial charge < -0.3 is 4.42 Å². The molecule has 18 heavy (non-hydrogen) atoms. The summed E-state index contributed by atoms with van der Waals surface area (Å²) in [6, 6.07) is 11.8. The van der Waals surface area contributed by atoms with Gasteiger partial charge in [-0.3, -0.25) is 4.79 Å². The first-order valence-corrected chi connectivity index (χ1v) is 6.10. The van der Waals surface area contributed by atoms with Gasteiger partial charge in [-0.1, -0.05) is 31.2 Å². The second kappa shape index (κ2) is 6.01. The molecule has 0 aliphatic rings. The van der Waals surface area contributed by atoms with E-state index in [0.717, 1.165) is 12.0 Å². The number of hydrogen-bond donors (Lipinski definition) is 0. The summed E-state index contributed by atoms with van der Waals surface area (Å²) in [4.78, 5) is 11.8. The quantitative estimate of drug-likeness (QED) is 0.746. The van der Waals surface area contributed by atoms with Crippen molar-refractivity contribution in [1.82, 2.24) is 0 Å². The Kier molecular flexibility index (Phi) is 4.13. The summed E-state index contributed by atoms with van der Waals surface area (Å²) in [6.07, 6.45) is 6.29. The number of carbonyl (C=O) groups is 1. The van der Waals surface area contributed by atoms with Crippen LogP contribution in [0.5, 0.6) is 0 Å². The molecule has 0 amide bonds. The predicted molar refractivity (Wildman–Crippen MR) is 72.3 cm³/mol.